The molecular weight excluding hydrogens is 291 g/mol. The molecule has 2 rings (SSSR count). The van der Waals surface area contributed by atoms with Gasteiger partial charge in [-0.1, -0.05) is 28.3 Å². The summed E-state index contributed by atoms with van der Waals surface area (Å²) in [6.45, 7) is 0. The van der Waals surface area contributed by atoms with Crippen LogP contribution in [0, 0.1) is 5.82 Å². The molecule has 0 radical (unpaired) electrons. The fourth-order valence-corrected chi connectivity index (χ4v) is 1.70. The van der Waals surface area contributed by atoms with Gasteiger partial charge in [-0.3, -0.25) is 0 Å². The third-order valence-electron chi connectivity index (χ3n) is 1.82. The van der Waals surface area contributed by atoms with Crippen LogP contribution in [0.3, 0.4) is 0 Å². The maximum Gasteiger partial charge on any atom is 0.320 e. The lowest BCUT2D eigenvalue weighted by atomic mass is 10.3. The molecule has 1 aromatic heterocycles. The Morgan fingerprint density at radius 1 is 1.24 bits per heavy atom. The van der Waals surface area contributed by atoms with E-state index in [1.807, 2.05) is 0 Å². The highest BCUT2D eigenvalue weighted by Crippen LogP contribution is 2.28. The van der Waals surface area contributed by atoms with E-state index in [0.29, 0.717) is 5.69 Å². The molecule has 0 aliphatic rings. The van der Waals surface area contributed by atoms with Crippen molar-refractivity contribution in [2.75, 3.05) is 5.32 Å². The molecule has 0 atom stereocenters. The molecule has 0 saturated heterocycles. The monoisotopic (exact) mass is 295 g/mol. The van der Waals surface area contributed by atoms with Crippen LogP contribution in [0.2, 0.25) is 10.0 Å². The number of anilines is 2. The van der Waals surface area contributed by atoms with Crippen molar-refractivity contribution in [1.82, 2.24) is 10.2 Å². The van der Waals surface area contributed by atoms with Crippen molar-refractivity contribution in [3.05, 3.63) is 33.9 Å². The van der Waals surface area contributed by atoms with E-state index in [1.165, 1.54) is 12.1 Å². The number of rotatable bonds is 3. The van der Waals surface area contributed by atoms with Crippen molar-refractivity contribution < 1.29 is 8.81 Å². The average Bonchev–Trinajstić information content (AvgIpc) is 2.73. The molecule has 0 aliphatic carbocycles. The zero-order valence-electron chi connectivity index (χ0n) is 8.18. The third kappa shape index (κ3) is 2.80. The molecule has 0 aliphatic heterocycles. The Labute approximate surface area is 111 Å². The standard InChI is InChI=1S/C9H5Cl3FN3O/c10-3-7-15-16-9(17-7)14-4-1-5(11)8(13)6(12)2-4/h1-2H,3H2,(H,14,16). The van der Waals surface area contributed by atoms with Gasteiger partial charge in [-0.2, -0.15) is 0 Å². The number of alkyl halides is 1. The van der Waals surface area contributed by atoms with Crippen molar-refractivity contribution in [1.29, 1.82) is 0 Å². The first-order chi connectivity index (χ1) is 8.10. The molecule has 0 bridgehead atoms. The summed E-state index contributed by atoms with van der Waals surface area (Å²) in [7, 11) is 0. The van der Waals surface area contributed by atoms with Crippen molar-refractivity contribution in [2.45, 2.75) is 5.88 Å². The molecule has 90 valence electrons. The van der Waals surface area contributed by atoms with Crippen LogP contribution in [0.4, 0.5) is 16.1 Å². The molecule has 0 fully saturated rings. The maximum absolute atomic E-state index is 13.1. The maximum atomic E-state index is 13.1. The minimum atomic E-state index is -0.675. The van der Waals surface area contributed by atoms with Gasteiger partial charge >= 0.3 is 6.01 Å². The number of nitrogens with zero attached hydrogens (tertiary/aromatic N) is 2. The summed E-state index contributed by atoms with van der Waals surface area (Å²) in [5, 5.41) is 9.85. The number of nitrogens with one attached hydrogen (secondary N) is 1. The molecule has 1 heterocycles. The predicted molar refractivity (Wildman–Crippen MR) is 63.6 cm³/mol. The summed E-state index contributed by atoms with van der Waals surface area (Å²) >= 11 is 16.8. The molecule has 2 aromatic rings. The lowest BCUT2D eigenvalue weighted by molar-refractivity contribution is 0.530. The number of hydrogen-bond acceptors (Lipinski definition) is 4. The van der Waals surface area contributed by atoms with Crippen molar-refractivity contribution in [2.24, 2.45) is 0 Å². The molecule has 0 unspecified atom stereocenters. The van der Waals surface area contributed by atoms with E-state index in [4.69, 9.17) is 39.2 Å². The van der Waals surface area contributed by atoms with Crippen molar-refractivity contribution >= 4 is 46.5 Å². The molecule has 0 spiro atoms. The Kier molecular flexibility index (Phi) is 3.71. The lowest BCUT2D eigenvalue weighted by Crippen LogP contribution is -1.92. The number of benzene rings is 1. The van der Waals surface area contributed by atoms with Crippen molar-refractivity contribution in [3.8, 4) is 0 Å². The fraction of sp³-hybridized carbons (Fsp3) is 0.111. The van der Waals surface area contributed by atoms with E-state index < -0.39 is 5.82 Å². The highest BCUT2D eigenvalue weighted by Gasteiger charge is 2.10. The van der Waals surface area contributed by atoms with E-state index in [1.54, 1.807) is 0 Å². The topological polar surface area (TPSA) is 51.0 Å². The molecule has 1 aromatic carbocycles. The van der Waals surface area contributed by atoms with Crippen LogP contribution in [0.1, 0.15) is 5.89 Å². The summed E-state index contributed by atoms with van der Waals surface area (Å²) in [5.74, 6) is -0.293. The first-order valence-electron chi connectivity index (χ1n) is 4.40. The van der Waals surface area contributed by atoms with Gasteiger partial charge in [0.15, 0.2) is 5.82 Å². The van der Waals surface area contributed by atoms with Gasteiger partial charge in [0, 0.05) is 5.69 Å². The van der Waals surface area contributed by atoms with E-state index in [2.05, 4.69) is 15.5 Å². The smallest absolute Gasteiger partial charge is 0.320 e. The minimum absolute atomic E-state index is 0.0999. The first kappa shape index (κ1) is 12.4. The molecule has 8 heteroatoms. The van der Waals surface area contributed by atoms with E-state index >= 15 is 0 Å². The van der Waals surface area contributed by atoms with Gasteiger partial charge < -0.3 is 9.73 Å². The molecule has 1 N–H and O–H groups in total. The second-order valence-corrected chi connectivity index (χ2v) is 4.10. The number of halogens is 4. The van der Waals surface area contributed by atoms with Crippen LogP contribution in [-0.4, -0.2) is 10.2 Å². The highest BCUT2D eigenvalue weighted by molar-refractivity contribution is 6.35. The van der Waals surface area contributed by atoms with Gasteiger partial charge in [0.25, 0.3) is 0 Å². The van der Waals surface area contributed by atoms with E-state index in [-0.39, 0.29) is 27.8 Å². The molecule has 0 saturated carbocycles. The van der Waals surface area contributed by atoms with E-state index in [9.17, 15) is 4.39 Å². The molecule has 4 nitrogen and oxygen atoms in total. The Morgan fingerprint density at radius 3 is 2.41 bits per heavy atom. The Bertz CT molecular complexity index is 523. The minimum Gasteiger partial charge on any atom is -0.407 e. The molecule has 17 heavy (non-hydrogen) atoms. The molecular formula is C9H5Cl3FN3O. The SMILES string of the molecule is Fc1c(Cl)cc(Nc2nnc(CCl)o2)cc1Cl. The second kappa shape index (κ2) is 5.08. The van der Waals surface area contributed by atoms with Crippen LogP contribution in [-0.2, 0) is 5.88 Å². The highest BCUT2D eigenvalue weighted by atomic mass is 35.5. The largest absolute Gasteiger partial charge is 0.407 e. The van der Waals surface area contributed by atoms with Gasteiger partial charge in [0.1, 0.15) is 5.88 Å². The summed E-state index contributed by atoms with van der Waals surface area (Å²) < 4.78 is 18.2. The van der Waals surface area contributed by atoms with E-state index in [0.717, 1.165) is 0 Å². The van der Waals surface area contributed by atoms with Crippen LogP contribution in [0.25, 0.3) is 0 Å². The third-order valence-corrected chi connectivity index (χ3v) is 2.59. The van der Waals surface area contributed by atoms with Crippen LogP contribution < -0.4 is 5.32 Å². The number of aromatic nitrogens is 2. The average molecular weight is 297 g/mol. The van der Waals surface area contributed by atoms with Crippen LogP contribution >= 0.6 is 34.8 Å². The zero-order chi connectivity index (χ0) is 12.4. The van der Waals surface area contributed by atoms with Gasteiger partial charge in [0.2, 0.25) is 5.89 Å². The lowest BCUT2D eigenvalue weighted by Gasteiger charge is -2.04. The quantitative estimate of drug-likeness (QED) is 0.687. The Balaban J connectivity index is 2.24. The summed E-state index contributed by atoms with van der Waals surface area (Å²) in [6.07, 6.45) is 0. The second-order valence-electron chi connectivity index (χ2n) is 3.01. The Hall–Kier alpha value is -1.04. The summed E-state index contributed by atoms with van der Waals surface area (Å²) in [4.78, 5) is 0. The summed E-state index contributed by atoms with van der Waals surface area (Å²) in [5.41, 5.74) is 0.436. The predicted octanol–water partition coefficient (Wildman–Crippen LogP) is 4.00. The fourth-order valence-electron chi connectivity index (χ4n) is 1.11. The zero-order valence-corrected chi connectivity index (χ0v) is 10.4. The van der Waals surface area contributed by atoms with Crippen LogP contribution in [0.5, 0.6) is 0 Å². The molecule has 0 amide bonds. The number of hydrogen-bond donors (Lipinski definition) is 1. The Morgan fingerprint density at radius 2 is 1.88 bits per heavy atom. The summed E-state index contributed by atoms with van der Waals surface area (Å²) in [6, 6.07) is 2.83. The normalized spacial score (nSPS) is 10.6. The first-order valence-corrected chi connectivity index (χ1v) is 5.69. The van der Waals surface area contributed by atoms with Gasteiger partial charge in [-0.25, -0.2) is 4.39 Å². The van der Waals surface area contributed by atoms with Crippen molar-refractivity contribution in [3.63, 3.8) is 0 Å². The van der Waals surface area contributed by atoms with Gasteiger partial charge in [0.05, 0.1) is 10.0 Å². The van der Waals surface area contributed by atoms with Gasteiger partial charge in [-0.05, 0) is 12.1 Å². The van der Waals surface area contributed by atoms with Gasteiger partial charge in [-0.15, -0.1) is 16.7 Å². The van der Waals surface area contributed by atoms with Crippen LogP contribution in [0.15, 0.2) is 16.5 Å².